The van der Waals surface area contributed by atoms with Crippen LogP contribution in [0.3, 0.4) is 0 Å². The number of aromatic nitrogens is 2. The molecule has 0 radical (unpaired) electrons. The van der Waals surface area contributed by atoms with Gasteiger partial charge in [-0.1, -0.05) is 0 Å². The van der Waals surface area contributed by atoms with E-state index in [9.17, 15) is 0 Å². The van der Waals surface area contributed by atoms with Crippen molar-refractivity contribution in [2.24, 2.45) is 4.99 Å². The fourth-order valence-corrected chi connectivity index (χ4v) is 1.60. The molecule has 1 heterocycles. The number of anilines is 2. The zero-order valence-electron chi connectivity index (χ0n) is 10.8. The van der Waals surface area contributed by atoms with Crippen LogP contribution < -0.4 is 11.1 Å². The van der Waals surface area contributed by atoms with E-state index in [0.717, 1.165) is 17.2 Å². The van der Waals surface area contributed by atoms with Gasteiger partial charge in [0, 0.05) is 13.1 Å². The molecule has 94 valence electrons. The van der Waals surface area contributed by atoms with Gasteiger partial charge in [-0.15, -0.1) is 0 Å². The summed E-state index contributed by atoms with van der Waals surface area (Å²) in [6, 6.07) is 5.80. The lowest BCUT2D eigenvalue weighted by Gasteiger charge is -2.04. The zero-order chi connectivity index (χ0) is 13.1. The third-order valence-electron chi connectivity index (χ3n) is 2.84. The Hall–Kier alpha value is -2.30. The summed E-state index contributed by atoms with van der Waals surface area (Å²) in [5.74, 6) is 0.782. The molecule has 0 spiro atoms. The molecule has 5 heteroatoms. The maximum absolute atomic E-state index is 5.93. The summed E-state index contributed by atoms with van der Waals surface area (Å²) < 4.78 is 0. The molecule has 0 atom stereocenters. The minimum absolute atomic E-state index is 0.683. The Balaban J connectivity index is 2.25. The van der Waals surface area contributed by atoms with Crippen molar-refractivity contribution in [2.75, 3.05) is 18.1 Å². The topological polar surface area (TPSA) is 79.1 Å². The number of nitrogens with zero attached hydrogens (tertiary/aromatic N) is 2. The molecule has 0 aliphatic carbocycles. The molecule has 0 aliphatic rings. The van der Waals surface area contributed by atoms with Gasteiger partial charge in [0.1, 0.15) is 5.82 Å². The molecule has 1 aromatic carbocycles. The van der Waals surface area contributed by atoms with Crippen LogP contribution in [-0.4, -0.2) is 23.5 Å². The lowest BCUT2D eigenvalue weighted by molar-refractivity contribution is 1.08. The second-order valence-electron chi connectivity index (χ2n) is 4.21. The molecule has 0 bridgehead atoms. The van der Waals surface area contributed by atoms with Crippen molar-refractivity contribution >= 4 is 23.4 Å². The number of nitrogens with two attached hydrogens (primary N) is 1. The number of nitrogens with one attached hydrogen (secondary N) is 2. The van der Waals surface area contributed by atoms with Crippen molar-refractivity contribution in [3.63, 3.8) is 0 Å². The third-order valence-corrected chi connectivity index (χ3v) is 2.84. The standard InChI is InChI=1S/C13H17N5/c1-8-4-11(14)12(5-9(8)2)16-7-10-6-13(15-3)18-17-10/h4-7H,14H2,1-3H3,(H2,15,17,18). The fourth-order valence-electron chi connectivity index (χ4n) is 1.60. The summed E-state index contributed by atoms with van der Waals surface area (Å²) in [7, 11) is 1.82. The fraction of sp³-hybridized carbons (Fsp3) is 0.231. The van der Waals surface area contributed by atoms with Crippen LogP contribution in [0.1, 0.15) is 16.8 Å². The predicted octanol–water partition coefficient (Wildman–Crippen LogP) is 2.40. The predicted molar refractivity (Wildman–Crippen MR) is 75.7 cm³/mol. The third kappa shape index (κ3) is 2.51. The van der Waals surface area contributed by atoms with Gasteiger partial charge in [0.25, 0.3) is 0 Å². The van der Waals surface area contributed by atoms with E-state index < -0.39 is 0 Å². The molecular weight excluding hydrogens is 226 g/mol. The van der Waals surface area contributed by atoms with Crippen LogP contribution in [0.2, 0.25) is 0 Å². The lowest BCUT2D eigenvalue weighted by Crippen LogP contribution is -1.90. The van der Waals surface area contributed by atoms with Crippen LogP contribution in [0.25, 0.3) is 0 Å². The highest BCUT2D eigenvalue weighted by Gasteiger charge is 2.01. The minimum Gasteiger partial charge on any atom is -0.397 e. The first-order valence-electron chi connectivity index (χ1n) is 5.74. The highest BCUT2D eigenvalue weighted by molar-refractivity contribution is 5.83. The zero-order valence-corrected chi connectivity index (χ0v) is 10.8. The van der Waals surface area contributed by atoms with Gasteiger partial charge >= 0.3 is 0 Å². The SMILES string of the molecule is CNc1cc(C=Nc2cc(C)c(C)cc2N)[nH]n1. The normalized spacial score (nSPS) is 11.1. The second-order valence-corrected chi connectivity index (χ2v) is 4.21. The molecule has 4 N–H and O–H groups in total. The van der Waals surface area contributed by atoms with Crippen LogP contribution >= 0.6 is 0 Å². The van der Waals surface area contributed by atoms with Crippen molar-refractivity contribution in [2.45, 2.75) is 13.8 Å². The highest BCUT2D eigenvalue weighted by Crippen LogP contribution is 2.25. The molecule has 0 saturated carbocycles. The van der Waals surface area contributed by atoms with E-state index in [1.807, 2.05) is 39.1 Å². The summed E-state index contributed by atoms with van der Waals surface area (Å²) in [4.78, 5) is 4.38. The first-order valence-corrected chi connectivity index (χ1v) is 5.74. The van der Waals surface area contributed by atoms with Gasteiger partial charge in [-0.2, -0.15) is 5.10 Å². The van der Waals surface area contributed by atoms with Crippen molar-refractivity contribution in [1.82, 2.24) is 10.2 Å². The van der Waals surface area contributed by atoms with Crippen molar-refractivity contribution in [3.8, 4) is 0 Å². The van der Waals surface area contributed by atoms with Crippen molar-refractivity contribution in [3.05, 3.63) is 35.0 Å². The molecule has 0 saturated heterocycles. The van der Waals surface area contributed by atoms with E-state index in [1.165, 1.54) is 11.1 Å². The lowest BCUT2D eigenvalue weighted by atomic mass is 10.1. The summed E-state index contributed by atoms with van der Waals surface area (Å²) >= 11 is 0. The first kappa shape index (κ1) is 12.2. The van der Waals surface area contributed by atoms with Crippen molar-refractivity contribution < 1.29 is 0 Å². The molecule has 0 fully saturated rings. The van der Waals surface area contributed by atoms with Crippen LogP contribution in [-0.2, 0) is 0 Å². The minimum atomic E-state index is 0.683. The molecule has 1 aromatic heterocycles. The maximum Gasteiger partial charge on any atom is 0.148 e. The molecule has 2 aromatic rings. The van der Waals surface area contributed by atoms with E-state index in [1.54, 1.807) is 6.21 Å². The van der Waals surface area contributed by atoms with E-state index in [0.29, 0.717) is 5.69 Å². The number of aryl methyl sites for hydroxylation is 2. The van der Waals surface area contributed by atoms with Gasteiger partial charge in [0.05, 0.1) is 23.3 Å². The van der Waals surface area contributed by atoms with E-state index in [-0.39, 0.29) is 0 Å². The highest BCUT2D eigenvalue weighted by atomic mass is 15.2. The largest absolute Gasteiger partial charge is 0.397 e. The molecule has 0 amide bonds. The Morgan fingerprint density at radius 3 is 2.67 bits per heavy atom. The number of nitrogen functional groups attached to an aromatic ring is 1. The summed E-state index contributed by atoms with van der Waals surface area (Å²) in [5.41, 5.74) is 10.6. The van der Waals surface area contributed by atoms with Gasteiger partial charge in [-0.25, -0.2) is 0 Å². The Kier molecular flexibility index (Phi) is 3.32. The Labute approximate surface area is 106 Å². The monoisotopic (exact) mass is 243 g/mol. The van der Waals surface area contributed by atoms with Gasteiger partial charge in [0.2, 0.25) is 0 Å². The van der Waals surface area contributed by atoms with Gasteiger partial charge in [-0.3, -0.25) is 10.1 Å². The van der Waals surface area contributed by atoms with E-state index >= 15 is 0 Å². The number of hydrogen-bond acceptors (Lipinski definition) is 4. The molecule has 0 aliphatic heterocycles. The smallest absolute Gasteiger partial charge is 0.148 e. The molecule has 0 unspecified atom stereocenters. The quantitative estimate of drug-likeness (QED) is 0.572. The Bertz CT molecular complexity index is 583. The average molecular weight is 243 g/mol. The first-order chi connectivity index (χ1) is 8.60. The second kappa shape index (κ2) is 4.91. The molecule has 18 heavy (non-hydrogen) atoms. The van der Waals surface area contributed by atoms with Crippen LogP contribution in [0.4, 0.5) is 17.2 Å². The summed E-state index contributed by atoms with van der Waals surface area (Å²) in [5, 5.41) is 9.86. The van der Waals surface area contributed by atoms with Gasteiger partial charge in [0.15, 0.2) is 0 Å². The number of H-pyrrole nitrogens is 1. The number of aromatic amines is 1. The Morgan fingerprint density at radius 1 is 1.28 bits per heavy atom. The van der Waals surface area contributed by atoms with Gasteiger partial charge in [-0.05, 0) is 37.1 Å². The van der Waals surface area contributed by atoms with Crippen LogP contribution in [0, 0.1) is 13.8 Å². The number of benzene rings is 1. The molecular formula is C13H17N5. The van der Waals surface area contributed by atoms with Gasteiger partial charge < -0.3 is 11.1 Å². The molecule has 5 nitrogen and oxygen atoms in total. The number of hydrogen-bond donors (Lipinski definition) is 3. The Morgan fingerprint density at radius 2 is 2.00 bits per heavy atom. The molecule has 2 rings (SSSR count). The average Bonchev–Trinajstić information content (AvgIpc) is 2.80. The summed E-state index contributed by atoms with van der Waals surface area (Å²) in [6.07, 6.45) is 1.72. The maximum atomic E-state index is 5.93. The van der Waals surface area contributed by atoms with E-state index in [2.05, 4.69) is 20.5 Å². The van der Waals surface area contributed by atoms with Crippen LogP contribution in [0.5, 0.6) is 0 Å². The number of aliphatic imine (C=N–C) groups is 1. The van der Waals surface area contributed by atoms with Crippen LogP contribution in [0.15, 0.2) is 23.2 Å². The van der Waals surface area contributed by atoms with Crippen molar-refractivity contribution in [1.29, 1.82) is 0 Å². The summed E-state index contributed by atoms with van der Waals surface area (Å²) in [6.45, 7) is 4.08. The number of rotatable bonds is 3. The van der Waals surface area contributed by atoms with E-state index in [4.69, 9.17) is 5.73 Å².